The first-order chi connectivity index (χ1) is 18.9. The monoisotopic (exact) mass is 559 g/mol. The lowest BCUT2D eigenvalue weighted by atomic mass is 9.74. The van der Waals surface area contributed by atoms with E-state index in [1.807, 2.05) is 11.8 Å². The maximum absolute atomic E-state index is 15.8. The molecule has 8 nitrogen and oxygen atoms in total. The van der Waals surface area contributed by atoms with Crippen molar-refractivity contribution in [2.75, 3.05) is 38.3 Å². The quantitative estimate of drug-likeness (QED) is 0.405. The van der Waals surface area contributed by atoms with E-state index in [0.29, 0.717) is 29.9 Å². The number of aromatic nitrogens is 3. The van der Waals surface area contributed by atoms with Gasteiger partial charge >= 0.3 is 6.18 Å². The van der Waals surface area contributed by atoms with Gasteiger partial charge in [0.25, 0.3) is 5.91 Å². The summed E-state index contributed by atoms with van der Waals surface area (Å²) in [6.45, 7) is 3.36. The van der Waals surface area contributed by atoms with Crippen molar-refractivity contribution in [3.8, 4) is 0 Å². The van der Waals surface area contributed by atoms with Crippen LogP contribution in [0.1, 0.15) is 51.5 Å². The zero-order valence-corrected chi connectivity index (χ0v) is 22.3. The Hall–Kier alpha value is -3.35. The highest BCUT2D eigenvalue weighted by atomic mass is 19.4. The van der Waals surface area contributed by atoms with Gasteiger partial charge in [-0.2, -0.15) is 13.2 Å². The predicted octanol–water partition coefficient (Wildman–Crippen LogP) is 4.19. The molecule has 3 aromatic rings. The minimum Gasteiger partial charge on any atom is -0.379 e. The van der Waals surface area contributed by atoms with Crippen molar-refractivity contribution in [2.45, 2.75) is 43.4 Å². The number of amides is 1. The molecule has 1 aromatic heterocycles. The van der Waals surface area contributed by atoms with E-state index in [1.54, 1.807) is 44.5 Å². The van der Waals surface area contributed by atoms with Gasteiger partial charge in [0.2, 0.25) is 0 Å². The van der Waals surface area contributed by atoms with Crippen LogP contribution in [0.15, 0.2) is 42.7 Å². The second kappa shape index (κ2) is 9.35. The average molecular weight is 560 g/mol. The maximum Gasteiger partial charge on any atom is 0.416 e. The number of likely N-dealkylation sites (tertiary alicyclic amines) is 1. The van der Waals surface area contributed by atoms with Crippen molar-refractivity contribution in [2.24, 2.45) is 7.05 Å². The van der Waals surface area contributed by atoms with E-state index in [4.69, 9.17) is 9.47 Å². The number of rotatable bonds is 7. The minimum absolute atomic E-state index is 0.0365. The second-order valence-electron chi connectivity index (χ2n) is 11.2. The van der Waals surface area contributed by atoms with E-state index >= 15 is 4.39 Å². The number of fused-ring (bicyclic) bond motifs is 1. The zero-order chi connectivity index (χ0) is 28.4. The Morgan fingerprint density at radius 1 is 1.18 bits per heavy atom. The van der Waals surface area contributed by atoms with E-state index in [-0.39, 0.29) is 48.9 Å². The van der Waals surface area contributed by atoms with Gasteiger partial charge in [-0.05, 0) is 47.9 Å². The topological polar surface area (TPSA) is 72.7 Å². The number of ether oxygens (including phenoxy) is 2. The van der Waals surface area contributed by atoms with Crippen molar-refractivity contribution >= 4 is 11.6 Å². The lowest BCUT2D eigenvalue weighted by molar-refractivity contribution is -0.138. The highest BCUT2D eigenvalue weighted by Crippen LogP contribution is 2.47. The first-order valence-electron chi connectivity index (χ1n) is 12.9. The van der Waals surface area contributed by atoms with Crippen LogP contribution < -0.4 is 4.90 Å². The summed E-state index contributed by atoms with van der Waals surface area (Å²) in [7, 11) is 3.26. The number of alkyl halides is 4. The molecule has 0 N–H and O–H groups in total. The Kier molecular flexibility index (Phi) is 6.28. The van der Waals surface area contributed by atoms with Gasteiger partial charge < -0.3 is 18.9 Å². The van der Waals surface area contributed by atoms with Crippen LogP contribution in [0.3, 0.4) is 0 Å². The predicted molar refractivity (Wildman–Crippen MR) is 136 cm³/mol. The summed E-state index contributed by atoms with van der Waals surface area (Å²) in [5, 5.41) is 7.69. The van der Waals surface area contributed by atoms with Crippen LogP contribution in [0, 0.1) is 0 Å². The van der Waals surface area contributed by atoms with E-state index in [0.717, 1.165) is 6.07 Å². The summed E-state index contributed by atoms with van der Waals surface area (Å²) in [5.74, 6) is -0.373. The number of hydrogen-bond acceptors (Lipinski definition) is 6. The van der Waals surface area contributed by atoms with Gasteiger partial charge in [-0.3, -0.25) is 9.69 Å². The Morgan fingerprint density at radius 2 is 1.93 bits per heavy atom. The van der Waals surface area contributed by atoms with Crippen LogP contribution in [0.25, 0.3) is 0 Å². The molecular formula is C28H29F4N5O3. The van der Waals surface area contributed by atoms with Gasteiger partial charge in [-0.15, -0.1) is 10.2 Å². The van der Waals surface area contributed by atoms with E-state index < -0.39 is 29.2 Å². The molecule has 1 amide bonds. The van der Waals surface area contributed by atoms with Crippen molar-refractivity contribution in [1.29, 1.82) is 0 Å². The average Bonchev–Trinajstić information content (AvgIpc) is 3.44. The number of halogens is 4. The van der Waals surface area contributed by atoms with E-state index in [2.05, 4.69) is 10.2 Å². The Morgan fingerprint density at radius 3 is 2.52 bits per heavy atom. The van der Waals surface area contributed by atoms with Crippen molar-refractivity contribution < 1.29 is 31.8 Å². The van der Waals surface area contributed by atoms with Gasteiger partial charge in [-0.1, -0.05) is 12.1 Å². The van der Waals surface area contributed by atoms with Crippen LogP contribution in [0.4, 0.5) is 23.2 Å². The third-order valence-corrected chi connectivity index (χ3v) is 8.33. The largest absolute Gasteiger partial charge is 0.416 e. The third kappa shape index (κ3) is 4.29. The van der Waals surface area contributed by atoms with E-state index in [9.17, 15) is 18.0 Å². The molecular weight excluding hydrogens is 530 g/mol. The zero-order valence-electron chi connectivity index (χ0n) is 22.3. The van der Waals surface area contributed by atoms with Crippen molar-refractivity contribution in [1.82, 2.24) is 19.7 Å². The van der Waals surface area contributed by atoms with Crippen LogP contribution in [-0.4, -0.2) is 64.6 Å². The Balaban J connectivity index is 1.31. The van der Waals surface area contributed by atoms with Crippen molar-refractivity contribution in [3.05, 3.63) is 76.4 Å². The normalized spacial score (nSPS) is 20.7. The molecule has 2 saturated heterocycles. The van der Waals surface area contributed by atoms with Crippen LogP contribution >= 0.6 is 0 Å². The summed E-state index contributed by atoms with van der Waals surface area (Å²) in [6, 6.07) is 9.43. The first kappa shape index (κ1) is 26.9. The molecule has 0 spiro atoms. The third-order valence-electron chi connectivity index (χ3n) is 8.33. The summed E-state index contributed by atoms with van der Waals surface area (Å²) < 4.78 is 70.7. The van der Waals surface area contributed by atoms with Gasteiger partial charge in [-0.25, -0.2) is 4.39 Å². The Labute approximate surface area is 228 Å². The standard InChI is InChI=1S/C28H29F4N5O3/c1-26(39-3)12-36(13-26)10-17-7-20-21(22(8-17)28(30,31)32)11-37(25(20)38)19-6-4-5-18(9-19)27(14-40-15-27)23(29)24-34-33-16-35(24)2/h4-9,16,23H,10-15H2,1-3H3/t23-/m1/s1. The first-order valence-corrected chi connectivity index (χ1v) is 12.9. The lowest BCUT2D eigenvalue weighted by Crippen LogP contribution is -2.60. The molecule has 3 aliphatic heterocycles. The molecule has 0 aliphatic carbocycles. The van der Waals surface area contributed by atoms with Crippen LogP contribution in [-0.2, 0) is 41.2 Å². The molecule has 0 radical (unpaired) electrons. The fourth-order valence-corrected chi connectivity index (χ4v) is 5.95. The molecule has 12 heteroatoms. The molecule has 3 aliphatic rings. The summed E-state index contributed by atoms with van der Waals surface area (Å²) >= 11 is 0. The van der Waals surface area contributed by atoms with Gasteiger partial charge in [0, 0.05) is 45.0 Å². The number of carbonyl (C=O) groups is 1. The van der Waals surface area contributed by atoms with E-state index in [1.165, 1.54) is 15.8 Å². The summed E-state index contributed by atoms with van der Waals surface area (Å²) in [4.78, 5) is 16.9. The molecule has 0 bridgehead atoms. The smallest absolute Gasteiger partial charge is 0.379 e. The molecule has 2 aromatic carbocycles. The highest BCUT2D eigenvalue weighted by molar-refractivity contribution is 6.10. The lowest BCUT2D eigenvalue weighted by Gasteiger charge is -2.47. The van der Waals surface area contributed by atoms with Gasteiger partial charge in [0.05, 0.1) is 36.3 Å². The number of methoxy groups -OCH3 is 1. The number of nitrogens with zero attached hydrogens (tertiary/aromatic N) is 5. The Bertz CT molecular complexity index is 1460. The number of carbonyl (C=O) groups excluding carboxylic acids is 1. The molecule has 40 heavy (non-hydrogen) atoms. The summed E-state index contributed by atoms with van der Waals surface area (Å²) in [5.41, 5.74) is -0.815. The van der Waals surface area contributed by atoms with Crippen LogP contribution in [0.2, 0.25) is 0 Å². The van der Waals surface area contributed by atoms with Crippen LogP contribution in [0.5, 0.6) is 0 Å². The number of hydrogen-bond donors (Lipinski definition) is 0. The fourth-order valence-electron chi connectivity index (χ4n) is 5.95. The van der Waals surface area contributed by atoms with Gasteiger partial charge in [0.15, 0.2) is 12.0 Å². The SMILES string of the molecule is COC1(C)CN(Cc2cc3c(c(C(F)(F)F)c2)CN(c2cccc(C4([C@H](F)c5nncn5C)COC4)c2)C3=O)C1. The molecule has 2 fully saturated rings. The summed E-state index contributed by atoms with van der Waals surface area (Å²) in [6.07, 6.45) is -4.74. The molecule has 212 valence electrons. The molecule has 6 rings (SSSR count). The minimum atomic E-state index is -4.63. The molecule has 1 atom stereocenters. The number of benzene rings is 2. The second-order valence-corrected chi connectivity index (χ2v) is 11.2. The molecule has 0 unspecified atom stereocenters. The van der Waals surface area contributed by atoms with Crippen molar-refractivity contribution in [3.63, 3.8) is 0 Å². The highest BCUT2D eigenvalue weighted by Gasteiger charge is 2.51. The molecule has 0 saturated carbocycles. The number of anilines is 1. The van der Waals surface area contributed by atoms with Gasteiger partial charge in [0.1, 0.15) is 6.33 Å². The maximum atomic E-state index is 15.8. The number of aryl methyl sites for hydroxylation is 1. The fraction of sp³-hybridized carbons (Fsp3) is 0.464. The molecule has 4 heterocycles.